The maximum absolute atomic E-state index is 5.87. The fraction of sp³-hybridized carbons (Fsp3) is 0.294. The van der Waals surface area contributed by atoms with Gasteiger partial charge in [-0.1, -0.05) is 48.9 Å². The van der Waals surface area contributed by atoms with E-state index in [1.165, 1.54) is 5.56 Å². The van der Waals surface area contributed by atoms with Crippen molar-refractivity contribution in [2.24, 2.45) is 0 Å². The molecular weight excluding hydrogens is 270 g/mol. The van der Waals surface area contributed by atoms with E-state index in [0.717, 1.165) is 23.7 Å². The third kappa shape index (κ3) is 4.55. The normalized spacial score (nSPS) is 12.1. The van der Waals surface area contributed by atoms with Crippen molar-refractivity contribution in [2.75, 3.05) is 13.2 Å². The molecule has 0 aliphatic rings. The van der Waals surface area contributed by atoms with Crippen LogP contribution in [0, 0.1) is 0 Å². The highest BCUT2D eigenvalue weighted by molar-refractivity contribution is 6.30. The molecule has 3 heteroatoms. The highest BCUT2D eigenvalue weighted by Crippen LogP contribution is 2.18. The van der Waals surface area contributed by atoms with Crippen LogP contribution in [0.25, 0.3) is 0 Å². The minimum absolute atomic E-state index is 0.201. The van der Waals surface area contributed by atoms with E-state index in [0.29, 0.717) is 6.61 Å². The Bertz CT molecular complexity index is 498. The molecule has 1 unspecified atom stereocenters. The van der Waals surface area contributed by atoms with Crippen LogP contribution in [0.2, 0.25) is 5.02 Å². The summed E-state index contributed by atoms with van der Waals surface area (Å²) < 4.78 is 5.85. The Morgan fingerprint density at radius 3 is 2.40 bits per heavy atom. The first-order valence-corrected chi connectivity index (χ1v) is 7.34. The highest BCUT2D eigenvalue weighted by atomic mass is 35.5. The monoisotopic (exact) mass is 289 g/mol. The van der Waals surface area contributed by atoms with Crippen LogP contribution in [0.4, 0.5) is 0 Å². The van der Waals surface area contributed by atoms with Crippen LogP contribution in [-0.4, -0.2) is 13.2 Å². The standard InChI is InChI=1S/C17H20ClNO/c1-2-12-19-17(14-6-4-3-5-7-14)13-20-16-10-8-15(18)9-11-16/h3-11,17,19H,2,12-13H2,1H3. The van der Waals surface area contributed by atoms with Crippen LogP contribution < -0.4 is 10.1 Å². The van der Waals surface area contributed by atoms with Gasteiger partial charge < -0.3 is 10.1 Å². The molecule has 2 nitrogen and oxygen atoms in total. The molecule has 0 saturated carbocycles. The largest absolute Gasteiger partial charge is 0.492 e. The van der Waals surface area contributed by atoms with Crippen molar-refractivity contribution in [3.8, 4) is 5.75 Å². The second-order valence-electron chi connectivity index (χ2n) is 4.68. The summed E-state index contributed by atoms with van der Waals surface area (Å²) in [5, 5.41) is 4.24. The molecule has 0 aliphatic heterocycles. The lowest BCUT2D eigenvalue weighted by molar-refractivity contribution is 0.266. The fourth-order valence-corrected chi connectivity index (χ4v) is 2.11. The third-order valence-electron chi connectivity index (χ3n) is 3.07. The molecule has 0 spiro atoms. The molecule has 1 N–H and O–H groups in total. The van der Waals surface area contributed by atoms with Gasteiger partial charge in [0.2, 0.25) is 0 Å². The Labute approximate surface area is 125 Å². The van der Waals surface area contributed by atoms with E-state index in [1.807, 2.05) is 30.3 Å². The van der Waals surface area contributed by atoms with Gasteiger partial charge in [-0.05, 0) is 42.8 Å². The van der Waals surface area contributed by atoms with Gasteiger partial charge in [-0.2, -0.15) is 0 Å². The number of benzene rings is 2. The molecule has 0 heterocycles. The summed E-state index contributed by atoms with van der Waals surface area (Å²) in [6.07, 6.45) is 1.10. The number of rotatable bonds is 7. The summed E-state index contributed by atoms with van der Waals surface area (Å²) in [4.78, 5) is 0. The summed E-state index contributed by atoms with van der Waals surface area (Å²) >= 11 is 5.87. The molecule has 0 aromatic heterocycles. The average molecular weight is 290 g/mol. The van der Waals surface area contributed by atoms with Gasteiger partial charge in [-0.15, -0.1) is 0 Å². The van der Waals surface area contributed by atoms with Crippen LogP contribution in [0.3, 0.4) is 0 Å². The SMILES string of the molecule is CCCNC(COc1ccc(Cl)cc1)c1ccccc1. The second kappa shape index (κ2) is 7.93. The van der Waals surface area contributed by atoms with Crippen molar-refractivity contribution < 1.29 is 4.74 Å². The van der Waals surface area contributed by atoms with Gasteiger partial charge in [0.05, 0.1) is 6.04 Å². The van der Waals surface area contributed by atoms with E-state index in [9.17, 15) is 0 Å². The van der Waals surface area contributed by atoms with E-state index in [4.69, 9.17) is 16.3 Å². The van der Waals surface area contributed by atoms with Crippen LogP contribution in [0.15, 0.2) is 54.6 Å². The van der Waals surface area contributed by atoms with E-state index in [-0.39, 0.29) is 6.04 Å². The van der Waals surface area contributed by atoms with E-state index in [1.54, 1.807) is 0 Å². The molecule has 2 rings (SSSR count). The molecule has 0 bridgehead atoms. The fourth-order valence-electron chi connectivity index (χ4n) is 1.99. The Hall–Kier alpha value is -1.51. The number of ether oxygens (including phenoxy) is 1. The predicted octanol–water partition coefficient (Wildman–Crippen LogP) is 4.46. The first kappa shape index (κ1) is 14.9. The first-order valence-electron chi connectivity index (χ1n) is 6.96. The average Bonchev–Trinajstić information content (AvgIpc) is 2.50. The van der Waals surface area contributed by atoms with Crippen LogP contribution >= 0.6 is 11.6 Å². The van der Waals surface area contributed by atoms with Crippen molar-refractivity contribution in [3.05, 3.63) is 65.2 Å². The quantitative estimate of drug-likeness (QED) is 0.812. The Kier molecular flexibility index (Phi) is 5.90. The minimum Gasteiger partial charge on any atom is -0.492 e. The zero-order chi connectivity index (χ0) is 14.2. The molecule has 0 radical (unpaired) electrons. The van der Waals surface area contributed by atoms with Crippen LogP contribution in [-0.2, 0) is 0 Å². The first-order chi connectivity index (χ1) is 9.79. The predicted molar refractivity (Wildman–Crippen MR) is 84.4 cm³/mol. The second-order valence-corrected chi connectivity index (χ2v) is 5.12. The molecule has 0 fully saturated rings. The molecule has 1 atom stereocenters. The van der Waals surface area contributed by atoms with E-state index >= 15 is 0 Å². The summed E-state index contributed by atoms with van der Waals surface area (Å²) in [6, 6.07) is 18.1. The summed E-state index contributed by atoms with van der Waals surface area (Å²) in [5.74, 6) is 0.841. The van der Waals surface area contributed by atoms with Gasteiger partial charge in [-0.25, -0.2) is 0 Å². The number of hydrogen-bond acceptors (Lipinski definition) is 2. The van der Waals surface area contributed by atoms with Crippen molar-refractivity contribution in [2.45, 2.75) is 19.4 Å². The molecule has 0 amide bonds. The molecule has 2 aromatic carbocycles. The zero-order valence-electron chi connectivity index (χ0n) is 11.7. The lowest BCUT2D eigenvalue weighted by atomic mass is 10.1. The van der Waals surface area contributed by atoms with Crippen LogP contribution in [0.1, 0.15) is 24.9 Å². The van der Waals surface area contributed by atoms with Gasteiger partial charge in [0.25, 0.3) is 0 Å². The summed E-state index contributed by atoms with van der Waals surface area (Å²) in [5.41, 5.74) is 1.25. The Balaban J connectivity index is 1.99. The summed E-state index contributed by atoms with van der Waals surface area (Å²) in [6.45, 7) is 3.74. The molecule has 106 valence electrons. The maximum Gasteiger partial charge on any atom is 0.119 e. The molecule has 2 aromatic rings. The lowest BCUT2D eigenvalue weighted by Gasteiger charge is -2.19. The number of hydrogen-bond donors (Lipinski definition) is 1. The van der Waals surface area contributed by atoms with E-state index < -0.39 is 0 Å². The zero-order valence-corrected chi connectivity index (χ0v) is 12.4. The van der Waals surface area contributed by atoms with Gasteiger partial charge >= 0.3 is 0 Å². The van der Waals surface area contributed by atoms with E-state index in [2.05, 4.69) is 36.5 Å². The van der Waals surface area contributed by atoms with Gasteiger partial charge in [-0.3, -0.25) is 0 Å². The Morgan fingerprint density at radius 2 is 1.75 bits per heavy atom. The minimum atomic E-state index is 0.201. The molecule has 20 heavy (non-hydrogen) atoms. The van der Waals surface area contributed by atoms with Crippen molar-refractivity contribution >= 4 is 11.6 Å². The maximum atomic E-state index is 5.87. The van der Waals surface area contributed by atoms with Crippen LogP contribution in [0.5, 0.6) is 5.75 Å². The molecule has 0 saturated heterocycles. The lowest BCUT2D eigenvalue weighted by Crippen LogP contribution is -2.27. The molecule has 0 aliphatic carbocycles. The van der Waals surface area contributed by atoms with Crippen molar-refractivity contribution in [3.63, 3.8) is 0 Å². The van der Waals surface area contributed by atoms with Gasteiger partial charge in [0, 0.05) is 5.02 Å². The molecular formula is C17H20ClNO. The van der Waals surface area contributed by atoms with Crippen molar-refractivity contribution in [1.82, 2.24) is 5.32 Å². The number of nitrogens with one attached hydrogen (secondary N) is 1. The summed E-state index contributed by atoms with van der Waals surface area (Å²) in [7, 11) is 0. The topological polar surface area (TPSA) is 21.3 Å². The smallest absolute Gasteiger partial charge is 0.119 e. The highest BCUT2D eigenvalue weighted by Gasteiger charge is 2.11. The van der Waals surface area contributed by atoms with Gasteiger partial charge in [0.1, 0.15) is 12.4 Å². The Morgan fingerprint density at radius 1 is 1.05 bits per heavy atom. The number of halogens is 1. The van der Waals surface area contributed by atoms with Crippen molar-refractivity contribution in [1.29, 1.82) is 0 Å². The third-order valence-corrected chi connectivity index (χ3v) is 3.32. The van der Waals surface area contributed by atoms with Gasteiger partial charge in [0.15, 0.2) is 0 Å².